The molecule has 0 spiro atoms. The monoisotopic (exact) mass is 380 g/mol. The molecule has 0 saturated carbocycles. The molecule has 0 bridgehead atoms. The van der Waals surface area contributed by atoms with Gasteiger partial charge in [-0.05, 0) is 50.5 Å². The molecule has 1 aliphatic heterocycles. The van der Waals surface area contributed by atoms with E-state index in [-0.39, 0.29) is 24.2 Å². The third-order valence-electron chi connectivity index (χ3n) is 4.77. The summed E-state index contributed by atoms with van der Waals surface area (Å²) in [5.74, 6) is -0.0505. The minimum Gasteiger partial charge on any atom is -0.484 e. The number of anilines is 1. The largest absolute Gasteiger partial charge is 0.484 e. The van der Waals surface area contributed by atoms with E-state index in [1.165, 1.54) is 6.92 Å². The standard InChI is InChI=1S/C22H24N2O4/c1-15-7-5-10-19(22(27)24-11-3-4-12-24)21(15)23-20(26)14-28-18-9-6-8-17(13-18)16(2)25/h5-10,13H,3-4,11-12,14H2,1-2H3,(H,23,26). The van der Waals surface area contributed by atoms with Crippen LogP contribution in [0.1, 0.15) is 46.0 Å². The van der Waals surface area contributed by atoms with Crippen LogP contribution in [0.25, 0.3) is 0 Å². The molecule has 2 aromatic rings. The molecule has 3 rings (SSSR count). The third-order valence-corrected chi connectivity index (χ3v) is 4.77. The van der Waals surface area contributed by atoms with Crippen LogP contribution in [0.2, 0.25) is 0 Å². The number of benzene rings is 2. The SMILES string of the molecule is CC(=O)c1cccc(OCC(=O)Nc2c(C)cccc2C(=O)N2CCCC2)c1. The highest BCUT2D eigenvalue weighted by molar-refractivity contribution is 6.05. The van der Waals surface area contributed by atoms with E-state index < -0.39 is 0 Å². The van der Waals surface area contributed by atoms with E-state index in [9.17, 15) is 14.4 Å². The molecule has 1 fully saturated rings. The fourth-order valence-electron chi connectivity index (χ4n) is 3.23. The summed E-state index contributed by atoms with van der Waals surface area (Å²) >= 11 is 0. The van der Waals surface area contributed by atoms with Crippen molar-refractivity contribution in [3.8, 4) is 5.75 Å². The van der Waals surface area contributed by atoms with E-state index in [1.54, 1.807) is 30.3 Å². The van der Waals surface area contributed by atoms with Gasteiger partial charge in [-0.3, -0.25) is 14.4 Å². The molecule has 2 aromatic carbocycles. The van der Waals surface area contributed by atoms with Gasteiger partial charge in [0.25, 0.3) is 11.8 Å². The molecule has 0 atom stereocenters. The first kappa shape index (κ1) is 19.6. The van der Waals surface area contributed by atoms with Crippen LogP contribution in [0.5, 0.6) is 5.75 Å². The number of hydrogen-bond donors (Lipinski definition) is 1. The zero-order valence-corrected chi connectivity index (χ0v) is 16.2. The Morgan fingerprint density at radius 2 is 1.79 bits per heavy atom. The van der Waals surface area contributed by atoms with Gasteiger partial charge in [0.1, 0.15) is 5.75 Å². The van der Waals surface area contributed by atoms with Crippen LogP contribution in [0.4, 0.5) is 5.69 Å². The molecule has 146 valence electrons. The fraction of sp³-hybridized carbons (Fsp3) is 0.318. The van der Waals surface area contributed by atoms with Gasteiger partial charge in [-0.25, -0.2) is 0 Å². The lowest BCUT2D eigenvalue weighted by Crippen LogP contribution is -2.29. The topological polar surface area (TPSA) is 75.7 Å². The highest BCUT2D eigenvalue weighted by Crippen LogP contribution is 2.24. The first-order chi connectivity index (χ1) is 13.5. The Morgan fingerprint density at radius 3 is 2.50 bits per heavy atom. The Kier molecular flexibility index (Phi) is 6.09. The zero-order chi connectivity index (χ0) is 20.1. The molecule has 1 N–H and O–H groups in total. The third kappa shape index (κ3) is 4.57. The van der Waals surface area contributed by atoms with Crippen LogP contribution >= 0.6 is 0 Å². The van der Waals surface area contributed by atoms with Crippen molar-refractivity contribution in [3.05, 3.63) is 59.2 Å². The summed E-state index contributed by atoms with van der Waals surface area (Å²) in [6.07, 6.45) is 2.01. The molecule has 28 heavy (non-hydrogen) atoms. The van der Waals surface area contributed by atoms with Gasteiger partial charge < -0.3 is 15.0 Å². The highest BCUT2D eigenvalue weighted by Gasteiger charge is 2.23. The maximum absolute atomic E-state index is 12.8. The number of Topliss-reactive ketones (excluding diaryl/α,β-unsaturated/α-hetero) is 1. The summed E-state index contributed by atoms with van der Waals surface area (Å²) in [5, 5.41) is 2.81. The number of para-hydroxylation sites is 1. The number of rotatable bonds is 6. The van der Waals surface area contributed by atoms with Gasteiger partial charge in [-0.1, -0.05) is 24.3 Å². The summed E-state index contributed by atoms with van der Waals surface area (Å²) in [4.78, 5) is 38.5. The van der Waals surface area contributed by atoms with Crippen LogP contribution in [0.3, 0.4) is 0 Å². The number of hydrogen-bond acceptors (Lipinski definition) is 4. The molecule has 0 unspecified atom stereocenters. The van der Waals surface area contributed by atoms with E-state index in [4.69, 9.17) is 4.74 Å². The smallest absolute Gasteiger partial charge is 0.262 e. The van der Waals surface area contributed by atoms with E-state index in [0.29, 0.717) is 22.6 Å². The van der Waals surface area contributed by atoms with Crippen molar-refractivity contribution in [2.75, 3.05) is 25.0 Å². The molecule has 2 amide bonds. The van der Waals surface area contributed by atoms with Gasteiger partial charge in [0.15, 0.2) is 12.4 Å². The van der Waals surface area contributed by atoms with Gasteiger partial charge in [-0.2, -0.15) is 0 Å². The minimum absolute atomic E-state index is 0.0634. The molecule has 0 radical (unpaired) electrons. The zero-order valence-electron chi connectivity index (χ0n) is 16.2. The lowest BCUT2D eigenvalue weighted by Gasteiger charge is -2.19. The van der Waals surface area contributed by atoms with E-state index in [2.05, 4.69) is 5.32 Å². The highest BCUT2D eigenvalue weighted by atomic mass is 16.5. The second-order valence-electron chi connectivity index (χ2n) is 6.92. The number of nitrogens with zero attached hydrogens (tertiary/aromatic N) is 1. The number of carbonyl (C=O) groups excluding carboxylic acids is 3. The number of likely N-dealkylation sites (tertiary alicyclic amines) is 1. The summed E-state index contributed by atoms with van der Waals surface area (Å²) in [6, 6.07) is 12.1. The number of ether oxygens (including phenoxy) is 1. The molecule has 1 aliphatic rings. The first-order valence-corrected chi connectivity index (χ1v) is 9.38. The quantitative estimate of drug-likeness (QED) is 0.779. The van der Waals surface area contributed by atoms with E-state index in [1.807, 2.05) is 24.0 Å². The van der Waals surface area contributed by atoms with Crippen molar-refractivity contribution >= 4 is 23.3 Å². The van der Waals surface area contributed by atoms with E-state index in [0.717, 1.165) is 31.5 Å². The second kappa shape index (κ2) is 8.69. The van der Waals surface area contributed by atoms with Crippen molar-refractivity contribution < 1.29 is 19.1 Å². The summed E-state index contributed by atoms with van der Waals surface area (Å²) in [5.41, 5.74) is 2.35. The number of ketones is 1. The summed E-state index contributed by atoms with van der Waals surface area (Å²) in [6.45, 7) is 4.61. The van der Waals surface area contributed by atoms with Crippen LogP contribution < -0.4 is 10.1 Å². The minimum atomic E-state index is -0.363. The van der Waals surface area contributed by atoms with Gasteiger partial charge >= 0.3 is 0 Å². The van der Waals surface area contributed by atoms with Crippen molar-refractivity contribution in [2.45, 2.75) is 26.7 Å². The fourth-order valence-corrected chi connectivity index (χ4v) is 3.23. The molecule has 1 heterocycles. The predicted octanol–water partition coefficient (Wildman–Crippen LogP) is 3.45. The van der Waals surface area contributed by atoms with Crippen molar-refractivity contribution in [3.63, 3.8) is 0 Å². The molecule has 0 aliphatic carbocycles. The maximum atomic E-state index is 12.8. The Bertz CT molecular complexity index is 901. The number of aryl methyl sites for hydroxylation is 1. The van der Waals surface area contributed by atoms with Crippen molar-refractivity contribution in [2.24, 2.45) is 0 Å². The van der Waals surface area contributed by atoms with Gasteiger partial charge in [0.2, 0.25) is 0 Å². The number of amides is 2. The Balaban J connectivity index is 1.69. The molecule has 6 heteroatoms. The number of carbonyl (C=O) groups is 3. The Morgan fingerprint density at radius 1 is 1.07 bits per heavy atom. The average molecular weight is 380 g/mol. The first-order valence-electron chi connectivity index (χ1n) is 9.38. The van der Waals surface area contributed by atoms with E-state index >= 15 is 0 Å². The summed E-state index contributed by atoms with van der Waals surface area (Å²) in [7, 11) is 0. The van der Waals surface area contributed by atoms with Gasteiger partial charge in [0, 0.05) is 18.7 Å². The van der Waals surface area contributed by atoms with Crippen LogP contribution in [-0.2, 0) is 4.79 Å². The lowest BCUT2D eigenvalue weighted by molar-refractivity contribution is -0.118. The average Bonchev–Trinajstić information content (AvgIpc) is 3.22. The van der Waals surface area contributed by atoms with Gasteiger partial charge in [0.05, 0.1) is 11.3 Å². The van der Waals surface area contributed by atoms with Gasteiger partial charge in [-0.15, -0.1) is 0 Å². The molecular weight excluding hydrogens is 356 g/mol. The molecule has 6 nitrogen and oxygen atoms in total. The van der Waals surface area contributed by atoms with Crippen LogP contribution in [-0.4, -0.2) is 42.2 Å². The molecule has 1 saturated heterocycles. The van der Waals surface area contributed by atoms with Crippen LogP contribution in [0.15, 0.2) is 42.5 Å². The summed E-state index contributed by atoms with van der Waals surface area (Å²) < 4.78 is 5.51. The van der Waals surface area contributed by atoms with Crippen molar-refractivity contribution in [1.82, 2.24) is 4.90 Å². The maximum Gasteiger partial charge on any atom is 0.262 e. The number of nitrogens with one attached hydrogen (secondary N) is 1. The normalized spacial score (nSPS) is 13.3. The lowest BCUT2D eigenvalue weighted by atomic mass is 10.1. The van der Waals surface area contributed by atoms with Crippen molar-refractivity contribution in [1.29, 1.82) is 0 Å². The second-order valence-corrected chi connectivity index (χ2v) is 6.92. The van der Waals surface area contributed by atoms with Crippen LogP contribution in [0, 0.1) is 6.92 Å². The molecular formula is C22H24N2O4. The Labute approximate surface area is 164 Å². The predicted molar refractivity (Wildman–Crippen MR) is 107 cm³/mol. The molecule has 0 aromatic heterocycles. The Hall–Kier alpha value is -3.15.